The van der Waals surface area contributed by atoms with Crippen LogP contribution in [-0.4, -0.2) is 67.9 Å². The lowest BCUT2D eigenvalue weighted by Gasteiger charge is -2.32. The molecule has 6 heteroatoms. The van der Waals surface area contributed by atoms with Crippen molar-refractivity contribution in [2.24, 2.45) is 5.92 Å². The van der Waals surface area contributed by atoms with Gasteiger partial charge in [0, 0.05) is 50.6 Å². The fourth-order valence-corrected chi connectivity index (χ4v) is 3.45. The molecule has 0 atom stereocenters. The van der Waals surface area contributed by atoms with Crippen LogP contribution in [0.5, 0.6) is 0 Å². The van der Waals surface area contributed by atoms with Crippen molar-refractivity contribution >= 4 is 23.7 Å². The molecular weight excluding hydrogens is 316 g/mol. The van der Waals surface area contributed by atoms with Gasteiger partial charge >= 0.3 is 0 Å². The second-order valence-corrected chi connectivity index (χ2v) is 7.18. The van der Waals surface area contributed by atoms with Gasteiger partial charge in [-0.15, -0.1) is 0 Å². The van der Waals surface area contributed by atoms with E-state index in [2.05, 4.69) is 34.2 Å². The Morgan fingerprint density at radius 2 is 1.72 bits per heavy atom. The number of benzene rings is 1. The van der Waals surface area contributed by atoms with Gasteiger partial charge in [-0.1, -0.05) is 6.92 Å². The minimum absolute atomic E-state index is 0.000833. The van der Waals surface area contributed by atoms with Crippen LogP contribution in [0, 0.1) is 5.92 Å². The van der Waals surface area contributed by atoms with Gasteiger partial charge in [0.15, 0.2) is 0 Å². The SMILES string of the molecule is CC1CCN(c2ccc(NC(=O)CN3CCN(C=O)CC3)cc2)CC1. The van der Waals surface area contributed by atoms with Crippen LogP contribution in [0.3, 0.4) is 0 Å². The highest BCUT2D eigenvalue weighted by Gasteiger charge is 2.18. The van der Waals surface area contributed by atoms with Crippen molar-refractivity contribution in [2.45, 2.75) is 19.8 Å². The van der Waals surface area contributed by atoms with E-state index >= 15 is 0 Å². The third-order valence-electron chi connectivity index (χ3n) is 5.22. The fraction of sp³-hybridized carbons (Fsp3) is 0.579. The van der Waals surface area contributed by atoms with Crippen molar-refractivity contribution < 1.29 is 9.59 Å². The highest BCUT2D eigenvalue weighted by Crippen LogP contribution is 2.24. The largest absolute Gasteiger partial charge is 0.372 e. The van der Waals surface area contributed by atoms with Crippen LogP contribution in [0.25, 0.3) is 0 Å². The van der Waals surface area contributed by atoms with Crippen molar-refractivity contribution in [1.82, 2.24) is 9.80 Å². The quantitative estimate of drug-likeness (QED) is 0.825. The van der Waals surface area contributed by atoms with Crippen molar-refractivity contribution in [3.8, 4) is 0 Å². The standard InChI is InChI=1S/C19H28N4O2/c1-16-6-8-23(9-7-16)18-4-2-17(3-5-18)20-19(25)14-21-10-12-22(15-24)13-11-21/h2-5,15-16H,6-14H2,1H3,(H,20,25). The Morgan fingerprint density at radius 3 is 2.32 bits per heavy atom. The Morgan fingerprint density at radius 1 is 1.08 bits per heavy atom. The molecule has 0 spiro atoms. The molecule has 0 bridgehead atoms. The van der Waals surface area contributed by atoms with Gasteiger partial charge in [0.1, 0.15) is 0 Å². The molecule has 2 saturated heterocycles. The summed E-state index contributed by atoms with van der Waals surface area (Å²) in [6.07, 6.45) is 3.37. The summed E-state index contributed by atoms with van der Waals surface area (Å²) in [6.45, 7) is 7.79. The van der Waals surface area contributed by atoms with Gasteiger partial charge in [-0.25, -0.2) is 0 Å². The highest BCUT2D eigenvalue weighted by molar-refractivity contribution is 5.92. The van der Waals surface area contributed by atoms with Crippen molar-refractivity contribution in [3.05, 3.63) is 24.3 Å². The number of amides is 2. The molecule has 2 aliphatic rings. The van der Waals surface area contributed by atoms with Crippen LogP contribution in [0.4, 0.5) is 11.4 Å². The van der Waals surface area contributed by atoms with Crippen molar-refractivity contribution in [2.75, 3.05) is 56.0 Å². The molecule has 2 aliphatic heterocycles. The number of piperidine rings is 1. The van der Waals surface area contributed by atoms with E-state index in [1.807, 2.05) is 12.1 Å². The number of hydrogen-bond donors (Lipinski definition) is 1. The van der Waals surface area contributed by atoms with Gasteiger partial charge in [-0.05, 0) is 43.0 Å². The van der Waals surface area contributed by atoms with E-state index in [1.54, 1.807) is 4.90 Å². The lowest BCUT2D eigenvalue weighted by molar-refractivity contribution is -0.120. The van der Waals surface area contributed by atoms with Crippen molar-refractivity contribution in [1.29, 1.82) is 0 Å². The molecule has 0 saturated carbocycles. The van der Waals surface area contributed by atoms with Crippen LogP contribution in [0.2, 0.25) is 0 Å². The first kappa shape index (κ1) is 17.7. The van der Waals surface area contributed by atoms with Gasteiger partial charge in [-0.3, -0.25) is 14.5 Å². The second-order valence-electron chi connectivity index (χ2n) is 7.18. The average molecular weight is 344 g/mol. The molecule has 0 unspecified atom stereocenters. The number of carbonyl (C=O) groups is 2. The molecular formula is C19H28N4O2. The summed E-state index contributed by atoms with van der Waals surface area (Å²) in [5.41, 5.74) is 2.07. The van der Waals surface area contributed by atoms with E-state index in [4.69, 9.17) is 0 Å². The summed E-state index contributed by atoms with van der Waals surface area (Å²) < 4.78 is 0. The molecule has 2 amide bonds. The van der Waals surface area contributed by atoms with Gasteiger partial charge in [0.05, 0.1) is 6.54 Å². The first-order valence-corrected chi connectivity index (χ1v) is 9.20. The van der Waals surface area contributed by atoms with E-state index in [0.29, 0.717) is 19.6 Å². The second kappa shape index (κ2) is 8.34. The zero-order chi connectivity index (χ0) is 17.6. The molecule has 0 radical (unpaired) electrons. The predicted molar refractivity (Wildman–Crippen MR) is 99.8 cm³/mol. The monoisotopic (exact) mass is 344 g/mol. The lowest BCUT2D eigenvalue weighted by Crippen LogP contribution is -2.48. The normalized spacial score (nSPS) is 19.7. The number of anilines is 2. The molecule has 2 heterocycles. The number of rotatable bonds is 5. The maximum Gasteiger partial charge on any atom is 0.238 e. The molecule has 136 valence electrons. The number of carbonyl (C=O) groups excluding carboxylic acids is 2. The summed E-state index contributed by atoms with van der Waals surface area (Å²) in [4.78, 5) is 29.2. The first-order valence-electron chi connectivity index (χ1n) is 9.20. The molecule has 3 rings (SSSR count). The number of nitrogens with one attached hydrogen (secondary N) is 1. The minimum atomic E-state index is -0.000833. The minimum Gasteiger partial charge on any atom is -0.372 e. The molecule has 0 aromatic heterocycles. The maximum atomic E-state index is 12.2. The Balaban J connectivity index is 1.46. The maximum absolute atomic E-state index is 12.2. The van der Waals surface area contributed by atoms with Crippen molar-refractivity contribution in [3.63, 3.8) is 0 Å². The van der Waals surface area contributed by atoms with Crippen LogP contribution in [-0.2, 0) is 9.59 Å². The Bertz CT molecular complexity index is 574. The van der Waals surface area contributed by atoms with E-state index in [-0.39, 0.29) is 5.91 Å². The number of nitrogens with zero attached hydrogens (tertiary/aromatic N) is 3. The summed E-state index contributed by atoms with van der Waals surface area (Å²) in [7, 11) is 0. The summed E-state index contributed by atoms with van der Waals surface area (Å²) in [5.74, 6) is 0.822. The van der Waals surface area contributed by atoms with Gasteiger partial charge in [0.2, 0.25) is 12.3 Å². The van der Waals surface area contributed by atoms with E-state index < -0.39 is 0 Å². The summed E-state index contributed by atoms with van der Waals surface area (Å²) in [6, 6.07) is 8.15. The third-order valence-corrected chi connectivity index (χ3v) is 5.22. The van der Waals surface area contributed by atoms with E-state index in [0.717, 1.165) is 44.2 Å². The third kappa shape index (κ3) is 4.95. The zero-order valence-electron chi connectivity index (χ0n) is 15.0. The summed E-state index contributed by atoms with van der Waals surface area (Å²) in [5, 5.41) is 2.97. The first-order chi connectivity index (χ1) is 12.1. The van der Waals surface area contributed by atoms with Gasteiger partial charge in [-0.2, -0.15) is 0 Å². The highest BCUT2D eigenvalue weighted by atomic mass is 16.2. The van der Waals surface area contributed by atoms with Crippen LogP contribution >= 0.6 is 0 Å². The predicted octanol–water partition coefficient (Wildman–Crippen LogP) is 1.64. The van der Waals surface area contributed by atoms with Crippen LogP contribution in [0.1, 0.15) is 19.8 Å². The number of piperazine rings is 1. The smallest absolute Gasteiger partial charge is 0.238 e. The molecule has 25 heavy (non-hydrogen) atoms. The van der Waals surface area contributed by atoms with Crippen LogP contribution in [0.15, 0.2) is 24.3 Å². The molecule has 1 aromatic carbocycles. The van der Waals surface area contributed by atoms with Gasteiger partial charge in [0.25, 0.3) is 0 Å². The summed E-state index contributed by atoms with van der Waals surface area (Å²) >= 11 is 0. The molecule has 1 N–H and O–H groups in total. The van der Waals surface area contributed by atoms with E-state index in [1.165, 1.54) is 18.5 Å². The Labute approximate surface area is 149 Å². The van der Waals surface area contributed by atoms with Crippen LogP contribution < -0.4 is 10.2 Å². The molecule has 6 nitrogen and oxygen atoms in total. The topological polar surface area (TPSA) is 55.9 Å². The fourth-order valence-electron chi connectivity index (χ4n) is 3.45. The Hall–Kier alpha value is -2.08. The van der Waals surface area contributed by atoms with E-state index in [9.17, 15) is 9.59 Å². The van der Waals surface area contributed by atoms with Gasteiger partial charge < -0.3 is 15.1 Å². The average Bonchev–Trinajstić information content (AvgIpc) is 2.64. The molecule has 1 aromatic rings. The number of hydrogen-bond acceptors (Lipinski definition) is 4. The molecule has 0 aliphatic carbocycles. The Kier molecular flexibility index (Phi) is 5.91. The lowest BCUT2D eigenvalue weighted by atomic mass is 9.99. The molecule has 2 fully saturated rings. The zero-order valence-corrected chi connectivity index (χ0v) is 15.0.